The summed E-state index contributed by atoms with van der Waals surface area (Å²) in [6.45, 7) is 16.4. The highest BCUT2D eigenvalue weighted by molar-refractivity contribution is 5.70. The molecule has 332 valence electrons. The summed E-state index contributed by atoms with van der Waals surface area (Å²) in [7, 11) is 2.25. The van der Waals surface area contributed by atoms with E-state index in [1.807, 2.05) is 0 Å². The van der Waals surface area contributed by atoms with E-state index in [2.05, 4.69) is 44.5 Å². The quantitative estimate of drug-likeness (QED) is 0.0454. The third-order valence-corrected chi connectivity index (χ3v) is 12.8. The number of nitrogens with zero attached hydrogens (tertiary/aromatic N) is 2. The maximum atomic E-state index is 12.6. The van der Waals surface area contributed by atoms with Gasteiger partial charge in [-0.3, -0.25) is 9.59 Å². The van der Waals surface area contributed by atoms with Crippen molar-refractivity contribution in [2.75, 3.05) is 53.0 Å². The minimum atomic E-state index is 0.0398. The zero-order valence-corrected chi connectivity index (χ0v) is 38.5. The molecule has 6 nitrogen and oxygen atoms in total. The largest absolute Gasteiger partial charge is 0.466 e. The fraction of sp³-hybridized carbons (Fsp3) is 0.960. The normalized spacial score (nSPS) is 14.1. The van der Waals surface area contributed by atoms with Crippen LogP contribution in [-0.2, 0) is 19.1 Å². The Morgan fingerprint density at radius 1 is 0.411 bits per heavy atom. The summed E-state index contributed by atoms with van der Waals surface area (Å²) in [6.07, 6.45) is 40.1. The topological polar surface area (TPSA) is 59.1 Å². The molecule has 1 fully saturated rings. The molecule has 1 aliphatic heterocycles. The maximum Gasteiger partial charge on any atom is 0.306 e. The Hall–Kier alpha value is -1.14. The molecule has 1 aliphatic rings. The second kappa shape index (κ2) is 39.3. The molecule has 0 aromatic heterocycles. The van der Waals surface area contributed by atoms with Gasteiger partial charge in [0.15, 0.2) is 0 Å². The number of rotatable bonds is 41. The van der Waals surface area contributed by atoms with Crippen LogP contribution >= 0.6 is 0 Å². The standard InChI is InChI=1S/C50H98N2O4/c1-6-10-22-32-47(33-23-11-7-2)44-49(53)55-42-28-20-16-14-18-26-30-46(36-37-52-40-38-51(5)39-41-52)31-27-19-15-17-21-29-43-56-50(54)45-48(34-24-12-8-3)35-25-13-9-4/h46-48H,6-45H2,1-5H3. The second-order valence-electron chi connectivity index (χ2n) is 18.2. The summed E-state index contributed by atoms with van der Waals surface area (Å²) in [6, 6.07) is 0. The lowest BCUT2D eigenvalue weighted by molar-refractivity contribution is -0.146. The van der Waals surface area contributed by atoms with Gasteiger partial charge in [-0.1, -0.05) is 182 Å². The highest BCUT2D eigenvalue weighted by Gasteiger charge is 2.18. The van der Waals surface area contributed by atoms with E-state index in [0.717, 1.165) is 18.8 Å². The average molecular weight is 791 g/mol. The van der Waals surface area contributed by atoms with E-state index in [0.29, 0.717) is 37.9 Å². The van der Waals surface area contributed by atoms with E-state index in [4.69, 9.17) is 9.47 Å². The summed E-state index contributed by atoms with van der Waals surface area (Å²) in [5.41, 5.74) is 0. The van der Waals surface area contributed by atoms with Crippen molar-refractivity contribution >= 4 is 11.9 Å². The Morgan fingerprint density at radius 3 is 1.11 bits per heavy atom. The minimum Gasteiger partial charge on any atom is -0.466 e. The lowest BCUT2D eigenvalue weighted by Crippen LogP contribution is -2.44. The molecule has 0 aromatic rings. The van der Waals surface area contributed by atoms with Crippen LogP contribution in [0.25, 0.3) is 0 Å². The van der Waals surface area contributed by atoms with Crippen molar-refractivity contribution in [3.05, 3.63) is 0 Å². The van der Waals surface area contributed by atoms with Gasteiger partial charge in [0.25, 0.3) is 0 Å². The molecule has 0 radical (unpaired) electrons. The number of piperazine rings is 1. The first-order valence-corrected chi connectivity index (χ1v) is 25.1. The zero-order valence-electron chi connectivity index (χ0n) is 38.5. The molecule has 0 atom stereocenters. The van der Waals surface area contributed by atoms with Crippen molar-refractivity contribution in [1.82, 2.24) is 9.80 Å². The van der Waals surface area contributed by atoms with Crippen molar-refractivity contribution in [3.8, 4) is 0 Å². The monoisotopic (exact) mass is 791 g/mol. The molecule has 6 heteroatoms. The lowest BCUT2D eigenvalue weighted by Gasteiger charge is -2.33. The number of carbonyl (C=O) groups excluding carboxylic acids is 2. The van der Waals surface area contributed by atoms with E-state index in [-0.39, 0.29) is 11.9 Å². The lowest BCUT2D eigenvalue weighted by atomic mass is 9.91. The maximum absolute atomic E-state index is 12.6. The van der Waals surface area contributed by atoms with E-state index in [1.54, 1.807) is 0 Å². The van der Waals surface area contributed by atoms with Gasteiger partial charge in [0.2, 0.25) is 0 Å². The van der Waals surface area contributed by atoms with Crippen molar-refractivity contribution in [3.63, 3.8) is 0 Å². The van der Waals surface area contributed by atoms with Crippen LogP contribution in [0.3, 0.4) is 0 Å². The van der Waals surface area contributed by atoms with Gasteiger partial charge in [-0.15, -0.1) is 0 Å². The van der Waals surface area contributed by atoms with Crippen LogP contribution in [0.5, 0.6) is 0 Å². The second-order valence-corrected chi connectivity index (χ2v) is 18.2. The molecule has 0 unspecified atom stereocenters. The van der Waals surface area contributed by atoms with Gasteiger partial charge in [0.1, 0.15) is 0 Å². The van der Waals surface area contributed by atoms with Gasteiger partial charge in [-0.2, -0.15) is 0 Å². The Morgan fingerprint density at radius 2 is 0.732 bits per heavy atom. The van der Waals surface area contributed by atoms with Crippen molar-refractivity contribution < 1.29 is 19.1 Å². The third-order valence-electron chi connectivity index (χ3n) is 12.8. The number of hydrogen-bond donors (Lipinski definition) is 0. The Bertz CT molecular complexity index is 784. The molecule has 0 aliphatic carbocycles. The van der Waals surface area contributed by atoms with E-state index < -0.39 is 0 Å². The number of unbranched alkanes of at least 4 members (excludes halogenated alkanes) is 18. The molecular weight excluding hydrogens is 693 g/mol. The van der Waals surface area contributed by atoms with Crippen LogP contribution in [0.1, 0.15) is 240 Å². The van der Waals surface area contributed by atoms with E-state index >= 15 is 0 Å². The van der Waals surface area contributed by atoms with Gasteiger partial charge >= 0.3 is 11.9 Å². The van der Waals surface area contributed by atoms with Crippen molar-refractivity contribution in [1.29, 1.82) is 0 Å². The molecule has 0 saturated carbocycles. The predicted molar refractivity (Wildman–Crippen MR) is 241 cm³/mol. The Labute approximate surface area is 350 Å². The van der Waals surface area contributed by atoms with Gasteiger partial charge in [-0.05, 0) is 76.3 Å². The highest BCUT2D eigenvalue weighted by atomic mass is 16.5. The van der Waals surface area contributed by atoms with Crippen LogP contribution in [0.4, 0.5) is 0 Å². The van der Waals surface area contributed by atoms with Crippen LogP contribution in [0.15, 0.2) is 0 Å². The highest BCUT2D eigenvalue weighted by Crippen LogP contribution is 2.25. The van der Waals surface area contributed by atoms with Crippen LogP contribution < -0.4 is 0 Å². The predicted octanol–water partition coefficient (Wildman–Crippen LogP) is 14.1. The third kappa shape index (κ3) is 32.8. The molecule has 0 spiro atoms. The number of esters is 2. The van der Waals surface area contributed by atoms with Gasteiger partial charge in [0.05, 0.1) is 13.2 Å². The summed E-state index contributed by atoms with van der Waals surface area (Å²) in [4.78, 5) is 30.3. The zero-order chi connectivity index (χ0) is 40.7. The minimum absolute atomic E-state index is 0.0398. The Kier molecular flexibility index (Phi) is 37.1. The van der Waals surface area contributed by atoms with Crippen molar-refractivity contribution in [2.45, 2.75) is 240 Å². The molecule has 56 heavy (non-hydrogen) atoms. The molecule has 1 saturated heterocycles. The van der Waals surface area contributed by atoms with Crippen LogP contribution in [-0.4, -0.2) is 74.7 Å². The van der Waals surface area contributed by atoms with E-state index in [9.17, 15) is 9.59 Å². The fourth-order valence-electron chi connectivity index (χ4n) is 8.74. The summed E-state index contributed by atoms with van der Waals surface area (Å²) in [5.74, 6) is 1.97. The summed E-state index contributed by atoms with van der Waals surface area (Å²) in [5, 5.41) is 0. The molecule has 0 N–H and O–H groups in total. The van der Waals surface area contributed by atoms with E-state index in [1.165, 1.54) is 219 Å². The molecule has 0 bridgehead atoms. The number of likely N-dealkylation sites (N-methyl/N-ethyl adjacent to an activating group) is 1. The van der Waals surface area contributed by atoms with Crippen molar-refractivity contribution in [2.24, 2.45) is 17.8 Å². The molecule has 0 aromatic carbocycles. The summed E-state index contributed by atoms with van der Waals surface area (Å²) < 4.78 is 11.4. The molecular formula is C50H98N2O4. The average Bonchev–Trinajstić information content (AvgIpc) is 3.19. The number of carbonyl (C=O) groups is 2. The van der Waals surface area contributed by atoms with Crippen LogP contribution in [0, 0.1) is 17.8 Å². The molecule has 0 amide bonds. The summed E-state index contributed by atoms with van der Waals surface area (Å²) >= 11 is 0. The smallest absolute Gasteiger partial charge is 0.306 e. The van der Waals surface area contributed by atoms with Gasteiger partial charge in [-0.25, -0.2) is 0 Å². The van der Waals surface area contributed by atoms with Gasteiger partial charge in [0, 0.05) is 39.0 Å². The molecule has 1 heterocycles. The number of hydrogen-bond acceptors (Lipinski definition) is 6. The Balaban J connectivity index is 2.24. The van der Waals surface area contributed by atoms with Crippen LogP contribution in [0.2, 0.25) is 0 Å². The first kappa shape index (κ1) is 52.9. The first-order valence-electron chi connectivity index (χ1n) is 25.1. The fourth-order valence-corrected chi connectivity index (χ4v) is 8.74. The first-order chi connectivity index (χ1) is 27.4. The number of ether oxygens (including phenoxy) is 2. The molecule has 1 rings (SSSR count). The SMILES string of the molecule is CCCCCC(CCCCC)CC(=O)OCCCCCCCCC(CCCCCCCCOC(=O)CC(CCCCC)CCCCC)CCN1CCN(C)CC1. The van der Waals surface area contributed by atoms with Gasteiger partial charge < -0.3 is 19.3 Å².